The first-order valence-electron chi connectivity index (χ1n) is 41.0. The van der Waals surface area contributed by atoms with E-state index in [1.165, 1.54) is 74.8 Å². The maximum Gasteiger partial charge on any atom is 0.316 e. The Labute approximate surface area is 755 Å². The highest BCUT2D eigenvalue weighted by molar-refractivity contribution is 5.80. The zero-order valence-corrected chi connectivity index (χ0v) is 72.8. The summed E-state index contributed by atoms with van der Waals surface area (Å²) in [6.07, 6.45) is 14.6. The molecule has 4 bridgehead atoms. The summed E-state index contributed by atoms with van der Waals surface area (Å²) in [5.74, 6) is 5.35. The van der Waals surface area contributed by atoms with Gasteiger partial charge in [0.2, 0.25) is 0 Å². The Morgan fingerprint density at radius 3 is 1.01 bits per heavy atom. The second-order valence-corrected chi connectivity index (χ2v) is 34.1. The van der Waals surface area contributed by atoms with Crippen molar-refractivity contribution in [2.24, 2.45) is 62.6 Å². The Bertz CT molecular complexity index is 3460. The van der Waals surface area contributed by atoms with Crippen LogP contribution in [0.4, 0.5) is 0 Å². The normalized spacial score (nSPS) is 17.4. The van der Waals surface area contributed by atoms with Crippen molar-refractivity contribution in [1.29, 1.82) is 0 Å². The van der Waals surface area contributed by atoms with Crippen molar-refractivity contribution in [2.75, 3.05) is 19.8 Å². The monoisotopic (exact) mass is 1750 g/mol. The molecule has 4 aromatic rings. The van der Waals surface area contributed by atoms with E-state index in [4.69, 9.17) is 62.3 Å². The minimum atomic E-state index is -0.562. The Morgan fingerprint density at radius 1 is 0.366 bits per heavy atom. The van der Waals surface area contributed by atoms with Gasteiger partial charge in [-0.25, -0.2) is 0 Å². The Hall–Kier alpha value is -7.29. The number of aromatic hydroxyl groups is 4. The van der Waals surface area contributed by atoms with Crippen LogP contribution >= 0.6 is 0 Å². The van der Waals surface area contributed by atoms with Crippen LogP contribution in [0.2, 0.25) is 0 Å². The van der Waals surface area contributed by atoms with Crippen LogP contribution in [-0.2, 0) is 47.7 Å². The second-order valence-electron chi connectivity index (χ2n) is 34.1. The van der Waals surface area contributed by atoms with Crippen molar-refractivity contribution < 1.29 is 96.5 Å². The van der Waals surface area contributed by atoms with E-state index in [9.17, 15) is 34.2 Å². The first kappa shape index (κ1) is 136. The molecule has 0 amide bonds. The minimum Gasteiger partial charge on any atom is -0.508 e. The van der Waals surface area contributed by atoms with Crippen LogP contribution in [0.5, 0.6) is 57.5 Å². The number of phenols is 4. The fourth-order valence-electron chi connectivity index (χ4n) is 13.3. The van der Waals surface area contributed by atoms with Crippen molar-refractivity contribution in [3.63, 3.8) is 0 Å². The molecule has 9 rings (SSSR count). The highest BCUT2D eigenvalue weighted by Crippen LogP contribution is 2.62. The van der Waals surface area contributed by atoms with Gasteiger partial charge in [0.15, 0.2) is 53.4 Å². The molecule has 4 atom stereocenters. The number of carbonyl (C=O) groups excluding carboxylic acids is 5. The number of rotatable bonds is 31. The fourth-order valence-corrected chi connectivity index (χ4v) is 13.3. The molecule has 4 N–H and O–H groups in total. The molecule has 5 fully saturated rings. The van der Waals surface area contributed by atoms with Gasteiger partial charge in [-0.2, -0.15) is 0 Å². The first-order valence-corrected chi connectivity index (χ1v) is 41.0. The zero-order valence-electron chi connectivity index (χ0n) is 72.8. The number of phenolic OH excluding ortho intramolecular Hbond substituents is 4. The number of hydrogen-bond donors (Lipinski definition) is 4. The quantitative estimate of drug-likeness (QED) is 0.0158. The van der Waals surface area contributed by atoms with Gasteiger partial charge in [-0.3, -0.25) is 24.0 Å². The van der Waals surface area contributed by atoms with Gasteiger partial charge in [0.1, 0.15) is 34.2 Å². The molecule has 5 saturated carbocycles. The summed E-state index contributed by atoms with van der Waals surface area (Å²) >= 11 is 0. The predicted molar refractivity (Wildman–Crippen MR) is 517 cm³/mol. The van der Waals surface area contributed by atoms with Crippen LogP contribution in [0.1, 0.15) is 384 Å². The summed E-state index contributed by atoms with van der Waals surface area (Å²) in [5.41, 5.74) is -1.42. The van der Waals surface area contributed by atoms with Crippen molar-refractivity contribution in [2.45, 2.75) is 408 Å². The van der Waals surface area contributed by atoms with Crippen LogP contribution in [-0.4, -0.2) is 100 Å². The number of ether oxygens (including phenoxy) is 11. The highest BCUT2D eigenvalue weighted by atomic mass is 16.7. The zero-order chi connectivity index (χ0) is 84.2. The van der Waals surface area contributed by atoms with Gasteiger partial charge in [0.25, 0.3) is 0 Å². The summed E-state index contributed by atoms with van der Waals surface area (Å²) in [6.45, 7) is 54.6. The molecular weight excluding hydrogens is 1560 g/mol. The Balaban J connectivity index is -0.000000155. The predicted octanol–water partition coefficient (Wildman–Crippen LogP) is 29.8. The molecule has 0 aliphatic heterocycles. The second kappa shape index (κ2) is 62.0. The molecule has 0 radical (unpaired) electrons. The summed E-state index contributed by atoms with van der Waals surface area (Å²) < 4.78 is 61.2. The van der Waals surface area contributed by atoms with Gasteiger partial charge in [-0.15, -0.1) is 0 Å². The number of benzene rings is 4. The van der Waals surface area contributed by atoms with Gasteiger partial charge >= 0.3 is 29.8 Å². The topological polar surface area (TPSA) is 268 Å². The largest absolute Gasteiger partial charge is 0.508 e. The molecule has 0 aromatic heterocycles. The average molecular weight is 1750 g/mol. The number of carbonyl (C=O) groups is 5. The van der Waals surface area contributed by atoms with E-state index in [0.717, 1.165) is 43.9 Å². The molecule has 0 heterocycles. The minimum absolute atomic E-state index is 0. The standard InChI is InChI=1S/C20H32O6.C19H32O2.C16H24O5.C14H26O2.C12H16O4.C10H14O.12CH4/c1-8-20(6,7)19(21)26-16-11-12-17(24-14(4)22-9-2)18(13-16)25-15(5)23-10-3;1-6-18(4,5)17(20)21-19(12(2)3)15-8-13-7-14(10-15)11-16(19)9-13;1-6-16(4,5)15(18)21-12-8-9-14(13(17)10-12)20-11(3)19-7-2;1-6-13(4,5)12(15)16-14(11(2)3)9-7-8-10-14;1-4-12(2,3)11(15)16-8-5-6-9(13)10(14)7-8;1-3-8(2)9-4-6-10(11)7-5-9;;;;;;;;;;;;/h11-15H,8-10H2,1-7H3;12-16H,6-11H2,1-5H3;8-11,17H,6-7H2,1-5H3;11H,6-10H2,1-5H3;5-7,13-14H,4H2,1-3H3;4-8,11H,3H2,1-2H3;12*1H4. The maximum atomic E-state index is 12.8. The lowest BCUT2D eigenvalue weighted by Gasteiger charge is -2.62. The third kappa shape index (κ3) is 40.9. The third-order valence-corrected chi connectivity index (χ3v) is 23.1. The Kier molecular flexibility index (Phi) is 68.6. The molecule has 724 valence electrons. The molecule has 20 nitrogen and oxygen atoms in total. The van der Waals surface area contributed by atoms with Gasteiger partial charge in [0.05, 0.1) is 27.1 Å². The van der Waals surface area contributed by atoms with E-state index in [0.29, 0.717) is 91.7 Å². The molecule has 4 unspecified atom stereocenters. The van der Waals surface area contributed by atoms with E-state index >= 15 is 0 Å². The van der Waals surface area contributed by atoms with E-state index in [2.05, 4.69) is 48.5 Å². The molecule has 5 aliphatic rings. The van der Waals surface area contributed by atoms with Gasteiger partial charge in [-0.05, 0) is 303 Å². The molecular formula is C103H192O20. The third-order valence-electron chi connectivity index (χ3n) is 23.1. The van der Waals surface area contributed by atoms with Crippen LogP contribution in [0, 0.1) is 62.6 Å². The smallest absolute Gasteiger partial charge is 0.316 e. The molecule has 123 heavy (non-hydrogen) atoms. The van der Waals surface area contributed by atoms with Crippen LogP contribution < -0.4 is 28.4 Å². The molecule has 4 aromatic carbocycles. The lowest BCUT2D eigenvalue weighted by atomic mass is 9.47. The van der Waals surface area contributed by atoms with Gasteiger partial charge in [0, 0.05) is 38.0 Å². The van der Waals surface area contributed by atoms with E-state index in [1.807, 2.05) is 116 Å². The van der Waals surface area contributed by atoms with E-state index in [-0.39, 0.29) is 175 Å². The number of esters is 5. The van der Waals surface area contributed by atoms with Crippen LogP contribution in [0.3, 0.4) is 0 Å². The lowest BCUT2D eigenvalue weighted by Crippen LogP contribution is -2.63. The molecule has 0 spiro atoms. The molecule has 0 saturated heterocycles. The summed E-state index contributed by atoms with van der Waals surface area (Å²) in [7, 11) is 0. The average Bonchev–Trinajstić information content (AvgIpc) is 0.968. The van der Waals surface area contributed by atoms with Crippen LogP contribution in [0.15, 0.2) is 78.9 Å². The van der Waals surface area contributed by atoms with E-state index in [1.54, 1.807) is 77.1 Å². The van der Waals surface area contributed by atoms with Crippen molar-refractivity contribution in [1.82, 2.24) is 0 Å². The number of hydrogen-bond acceptors (Lipinski definition) is 20. The Morgan fingerprint density at radius 2 is 0.683 bits per heavy atom. The van der Waals surface area contributed by atoms with E-state index < -0.39 is 35.1 Å². The highest BCUT2D eigenvalue weighted by Gasteiger charge is 2.61. The lowest BCUT2D eigenvalue weighted by molar-refractivity contribution is -0.231. The SMILES string of the molecule is C.C.C.C.C.C.C.C.C.C.C.C.CCC(C)(C)C(=O)OC1(C(C)C)C2CC3CC(C2)CC1C3.CCC(C)(C)C(=O)OC1(C(C)C)CCCC1.CCC(C)(C)C(=O)Oc1ccc(O)c(O)c1.CCC(C)c1ccc(O)cc1.CCOC(C)Oc1ccc(OC(=O)C(C)(C)CC)cc1O.CCOC(C)Oc1ccc(OC(=O)C(C)(C)CC)cc1OC(C)OCC. The molecule has 20 heteroatoms. The van der Waals surface area contributed by atoms with Gasteiger partial charge in [-0.1, -0.05) is 177 Å². The maximum absolute atomic E-state index is 12.8. The van der Waals surface area contributed by atoms with Crippen molar-refractivity contribution in [3.05, 3.63) is 84.4 Å². The van der Waals surface area contributed by atoms with Gasteiger partial charge < -0.3 is 72.5 Å². The molecule has 5 aliphatic carbocycles. The summed E-state index contributed by atoms with van der Waals surface area (Å²) in [6, 6.07) is 20.8. The summed E-state index contributed by atoms with van der Waals surface area (Å²) in [4.78, 5) is 60.9. The van der Waals surface area contributed by atoms with Crippen LogP contribution in [0.25, 0.3) is 0 Å². The fraction of sp³-hybridized carbons (Fsp3) is 0.718. The van der Waals surface area contributed by atoms with Crippen molar-refractivity contribution in [3.8, 4) is 57.5 Å². The summed E-state index contributed by atoms with van der Waals surface area (Å²) in [5, 5.41) is 37.2. The van der Waals surface area contributed by atoms with Crippen molar-refractivity contribution >= 4 is 29.8 Å². The first-order chi connectivity index (χ1) is 51.8.